The van der Waals surface area contributed by atoms with Crippen molar-refractivity contribution in [2.45, 2.75) is 33.6 Å². The fourth-order valence-corrected chi connectivity index (χ4v) is 3.45. The lowest BCUT2D eigenvalue weighted by Crippen LogP contribution is -2.34. The third-order valence-electron chi connectivity index (χ3n) is 3.64. The second kappa shape index (κ2) is 8.63. The van der Waals surface area contributed by atoms with Crippen molar-refractivity contribution in [2.75, 3.05) is 13.2 Å². The van der Waals surface area contributed by atoms with Crippen LogP contribution in [0.2, 0.25) is 0 Å². The average Bonchev–Trinajstić information content (AvgIpc) is 2.81. The highest BCUT2D eigenvalue weighted by atomic mass is 32.2. The average molecular weight is 378 g/mol. The molecule has 0 unspecified atom stereocenters. The number of ether oxygens (including phenoxy) is 1. The molecule has 1 aliphatic rings. The molecule has 6 heteroatoms. The predicted octanol–water partition coefficient (Wildman–Crippen LogP) is 4.21. The zero-order chi connectivity index (χ0) is 18.6. The van der Waals surface area contributed by atoms with Crippen LogP contribution in [0.25, 0.3) is 6.08 Å². The van der Waals surface area contributed by atoms with Gasteiger partial charge in [-0.2, -0.15) is 0 Å². The maximum Gasteiger partial charge on any atom is 0.326 e. The van der Waals surface area contributed by atoms with Crippen LogP contribution in [0.3, 0.4) is 0 Å². The summed E-state index contributed by atoms with van der Waals surface area (Å²) >= 11 is 6.45. The van der Waals surface area contributed by atoms with Crippen molar-refractivity contribution >= 4 is 46.3 Å². The van der Waals surface area contributed by atoms with Gasteiger partial charge in [0.05, 0.1) is 11.5 Å². The summed E-state index contributed by atoms with van der Waals surface area (Å²) in [5.74, 6) is 0.0323. The Morgan fingerprint density at radius 2 is 1.88 bits per heavy atom. The van der Waals surface area contributed by atoms with Gasteiger partial charge >= 0.3 is 5.97 Å². The Morgan fingerprint density at radius 1 is 1.24 bits per heavy atom. The Balaban J connectivity index is 2.05. The zero-order valence-electron chi connectivity index (χ0n) is 14.9. The van der Waals surface area contributed by atoms with E-state index in [2.05, 4.69) is 26.0 Å². The van der Waals surface area contributed by atoms with Crippen LogP contribution in [0.15, 0.2) is 29.2 Å². The second-order valence-corrected chi connectivity index (χ2v) is 8.34. The van der Waals surface area contributed by atoms with E-state index in [1.165, 1.54) is 22.2 Å². The summed E-state index contributed by atoms with van der Waals surface area (Å²) < 4.78 is 5.52. The third-order valence-corrected chi connectivity index (χ3v) is 5.02. The van der Waals surface area contributed by atoms with Crippen molar-refractivity contribution in [3.63, 3.8) is 0 Å². The number of carbonyl (C=O) groups excluding carboxylic acids is 2. The molecule has 0 aromatic heterocycles. The number of hydrogen-bond acceptors (Lipinski definition) is 5. The molecule has 1 fully saturated rings. The first kappa shape index (κ1) is 19.7. The first-order valence-corrected chi connectivity index (χ1v) is 9.51. The van der Waals surface area contributed by atoms with Crippen LogP contribution in [0.5, 0.6) is 0 Å². The predicted molar refractivity (Wildman–Crippen MR) is 106 cm³/mol. The van der Waals surface area contributed by atoms with Crippen LogP contribution in [0.1, 0.15) is 44.7 Å². The van der Waals surface area contributed by atoms with E-state index in [9.17, 15) is 9.59 Å². The normalized spacial score (nSPS) is 16.4. The minimum absolute atomic E-state index is 0.138. The molecule has 1 amide bonds. The Bertz CT molecular complexity index is 693. The number of thioether (sulfide) groups is 1. The van der Waals surface area contributed by atoms with Crippen molar-refractivity contribution in [1.29, 1.82) is 0 Å². The third kappa shape index (κ3) is 5.41. The van der Waals surface area contributed by atoms with Gasteiger partial charge < -0.3 is 4.74 Å². The molecule has 0 bridgehead atoms. The van der Waals surface area contributed by atoms with Crippen LogP contribution in [-0.4, -0.2) is 34.2 Å². The number of benzene rings is 1. The summed E-state index contributed by atoms with van der Waals surface area (Å²) in [4.78, 5) is 26.2. The summed E-state index contributed by atoms with van der Waals surface area (Å²) in [6.45, 7) is 8.39. The number of nitrogens with zero attached hydrogens (tertiary/aromatic N) is 1. The Kier molecular flexibility index (Phi) is 6.79. The van der Waals surface area contributed by atoms with Gasteiger partial charge in [0, 0.05) is 0 Å². The molecule has 134 valence electrons. The molecule has 1 aromatic rings. The van der Waals surface area contributed by atoms with Gasteiger partial charge in [-0.05, 0) is 29.0 Å². The molecule has 0 radical (unpaired) electrons. The maximum atomic E-state index is 12.5. The molecular weight excluding hydrogens is 354 g/mol. The number of esters is 1. The molecule has 1 aromatic carbocycles. The Labute approximate surface area is 158 Å². The van der Waals surface area contributed by atoms with Crippen molar-refractivity contribution < 1.29 is 14.3 Å². The van der Waals surface area contributed by atoms with Crippen LogP contribution >= 0.6 is 24.0 Å². The molecule has 0 atom stereocenters. The number of thiocarbonyl (C=S) groups is 1. The summed E-state index contributed by atoms with van der Waals surface area (Å²) in [6, 6.07) is 8.08. The van der Waals surface area contributed by atoms with Gasteiger partial charge in [-0.25, -0.2) is 0 Å². The van der Waals surface area contributed by atoms with Crippen molar-refractivity contribution in [3.8, 4) is 0 Å². The van der Waals surface area contributed by atoms with E-state index in [1.807, 2.05) is 32.1 Å². The minimum atomic E-state index is -0.437. The standard InChI is InChI=1S/C19H23NO3S2/c1-12(2)11-23-17(21)10-20-18(22)16(25-19(20)24)9-14-5-7-15(8-6-14)13(3)4/h5-9,12-13H,10-11H2,1-4H3. The molecule has 0 aliphatic carbocycles. The molecule has 25 heavy (non-hydrogen) atoms. The first-order chi connectivity index (χ1) is 11.8. The van der Waals surface area contributed by atoms with Crippen molar-refractivity contribution in [3.05, 3.63) is 40.3 Å². The highest BCUT2D eigenvalue weighted by Gasteiger charge is 2.33. The number of amides is 1. The molecule has 4 nitrogen and oxygen atoms in total. The lowest BCUT2D eigenvalue weighted by atomic mass is 10.0. The lowest BCUT2D eigenvalue weighted by molar-refractivity contribution is -0.147. The van der Waals surface area contributed by atoms with Crippen molar-refractivity contribution in [2.24, 2.45) is 5.92 Å². The van der Waals surface area contributed by atoms with Crippen LogP contribution in [-0.2, 0) is 14.3 Å². The van der Waals surface area contributed by atoms with Crippen LogP contribution in [0.4, 0.5) is 0 Å². The van der Waals surface area contributed by atoms with E-state index in [0.717, 1.165) is 5.56 Å². The largest absolute Gasteiger partial charge is 0.464 e. The maximum absolute atomic E-state index is 12.5. The summed E-state index contributed by atoms with van der Waals surface area (Å²) in [5.41, 5.74) is 2.19. The number of rotatable bonds is 6. The van der Waals surface area contributed by atoms with Crippen LogP contribution in [0, 0.1) is 5.92 Å². The fraction of sp³-hybridized carbons (Fsp3) is 0.421. The molecule has 0 spiro atoms. The monoisotopic (exact) mass is 377 g/mol. The van der Waals surface area contributed by atoms with E-state index in [1.54, 1.807) is 0 Å². The quantitative estimate of drug-likeness (QED) is 0.422. The second-order valence-electron chi connectivity index (χ2n) is 6.67. The summed E-state index contributed by atoms with van der Waals surface area (Å²) in [5, 5.41) is 0. The highest BCUT2D eigenvalue weighted by Crippen LogP contribution is 2.32. The highest BCUT2D eigenvalue weighted by molar-refractivity contribution is 8.26. The minimum Gasteiger partial charge on any atom is -0.464 e. The van der Waals surface area contributed by atoms with E-state index in [-0.39, 0.29) is 18.4 Å². The van der Waals surface area contributed by atoms with Gasteiger partial charge in [0.2, 0.25) is 0 Å². The molecule has 1 heterocycles. The molecule has 0 N–H and O–H groups in total. The van der Waals surface area contributed by atoms with E-state index in [4.69, 9.17) is 17.0 Å². The van der Waals surface area contributed by atoms with Crippen molar-refractivity contribution in [1.82, 2.24) is 4.90 Å². The van der Waals surface area contributed by atoms with Gasteiger partial charge in [-0.3, -0.25) is 14.5 Å². The Morgan fingerprint density at radius 3 is 2.44 bits per heavy atom. The van der Waals surface area contributed by atoms with Gasteiger partial charge in [0.15, 0.2) is 0 Å². The molecule has 0 saturated carbocycles. The summed E-state index contributed by atoms with van der Waals surface area (Å²) in [6.07, 6.45) is 1.81. The van der Waals surface area contributed by atoms with Gasteiger partial charge in [0.1, 0.15) is 10.9 Å². The molecular formula is C19H23NO3S2. The fourth-order valence-electron chi connectivity index (χ4n) is 2.20. The SMILES string of the molecule is CC(C)COC(=O)CN1C(=O)C(=Cc2ccc(C(C)C)cc2)SC1=S. The van der Waals surface area contributed by atoms with Gasteiger partial charge in [-0.15, -0.1) is 0 Å². The molecule has 1 saturated heterocycles. The van der Waals surface area contributed by atoms with Crippen LogP contribution < -0.4 is 0 Å². The Hall–Kier alpha value is -1.66. The lowest BCUT2D eigenvalue weighted by Gasteiger charge is -2.14. The molecule has 1 aliphatic heterocycles. The van der Waals surface area contributed by atoms with Gasteiger partial charge in [-0.1, -0.05) is 75.9 Å². The van der Waals surface area contributed by atoms with E-state index < -0.39 is 5.97 Å². The number of hydrogen-bond donors (Lipinski definition) is 0. The topological polar surface area (TPSA) is 46.6 Å². The summed E-state index contributed by atoms with van der Waals surface area (Å²) in [7, 11) is 0. The van der Waals surface area contributed by atoms with E-state index in [0.29, 0.717) is 21.8 Å². The smallest absolute Gasteiger partial charge is 0.326 e. The zero-order valence-corrected chi connectivity index (χ0v) is 16.6. The molecule has 2 rings (SSSR count). The first-order valence-electron chi connectivity index (χ1n) is 8.29. The number of carbonyl (C=O) groups is 2. The van der Waals surface area contributed by atoms with Gasteiger partial charge in [0.25, 0.3) is 5.91 Å². The van der Waals surface area contributed by atoms with E-state index >= 15 is 0 Å².